The Balaban J connectivity index is 1.42. The molecule has 7 heteroatoms. The molecule has 0 spiro atoms. The standard InChI is InChI=1S/C19H27N3O4/c1-12(2)10-20-19(24)22-15-6-4-14(5-7-15)21-18(23)13-3-8-16-17(9-13)26-11-25-16/h3,8-9,12,14-15H,4-7,10-11H2,1-2H3,(H,21,23)(H2,20,22,24). The molecule has 1 heterocycles. The zero-order chi connectivity index (χ0) is 18.5. The summed E-state index contributed by atoms with van der Waals surface area (Å²) in [5.74, 6) is 1.61. The van der Waals surface area contributed by atoms with Gasteiger partial charge in [0.2, 0.25) is 6.79 Å². The molecule has 142 valence electrons. The summed E-state index contributed by atoms with van der Waals surface area (Å²) in [7, 11) is 0. The molecule has 1 saturated carbocycles. The fourth-order valence-electron chi connectivity index (χ4n) is 3.22. The van der Waals surface area contributed by atoms with Gasteiger partial charge in [-0.15, -0.1) is 0 Å². The molecule has 1 fully saturated rings. The number of carbonyl (C=O) groups excluding carboxylic acids is 2. The number of fused-ring (bicyclic) bond motifs is 1. The van der Waals surface area contributed by atoms with Crippen LogP contribution in [0.1, 0.15) is 49.9 Å². The van der Waals surface area contributed by atoms with Crippen LogP contribution in [0.5, 0.6) is 11.5 Å². The van der Waals surface area contributed by atoms with E-state index in [4.69, 9.17) is 9.47 Å². The van der Waals surface area contributed by atoms with Crippen molar-refractivity contribution in [3.63, 3.8) is 0 Å². The Hall–Kier alpha value is -2.44. The maximum absolute atomic E-state index is 12.4. The molecular formula is C19H27N3O4. The maximum atomic E-state index is 12.4. The van der Waals surface area contributed by atoms with Gasteiger partial charge in [-0.05, 0) is 49.8 Å². The van der Waals surface area contributed by atoms with Crippen molar-refractivity contribution in [3.8, 4) is 11.5 Å². The largest absolute Gasteiger partial charge is 0.454 e. The molecule has 26 heavy (non-hydrogen) atoms. The van der Waals surface area contributed by atoms with Crippen LogP contribution in [-0.2, 0) is 0 Å². The Morgan fingerprint density at radius 2 is 1.69 bits per heavy atom. The van der Waals surface area contributed by atoms with Crippen LogP contribution >= 0.6 is 0 Å². The molecule has 1 aliphatic carbocycles. The number of rotatable bonds is 5. The molecule has 0 radical (unpaired) electrons. The summed E-state index contributed by atoms with van der Waals surface area (Å²) in [6.07, 6.45) is 3.43. The molecule has 3 rings (SSSR count). The third kappa shape index (κ3) is 4.80. The lowest BCUT2D eigenvalue weighted by atomic mass is 9.91. The van der Waals surface area contributed by atoms with Crippen LogP contribution in [0.15, 0.2) is 18.2 Å². The van der Waals surface area contributed by atoms with Gasteiger partial charge in [0.05, 0.1) is 0 Å². The lowest BCUT2D eigenvalue weighted by Gasteiger charge is -2.29. The number of carbonyl (C=O) groups is 2. The van der Waals surface area contributed by atoms with Crippen LogP contribution in [0.2, 0.25) is 0 Å². The summed E-state index contributed by atoms with van der Waals surface area (Å²) in [6.45, 7) is 5.00. The predicted molar refractivity (Wildman–Crippen MR) is 97.4 cm³/mol. The average molecular weight is 361 g/mol. The van der Waals surface area contributed by atoms with Crippen molar-refractivity contribution in [2.75, 3.05) is 13.3 Å². The Kier molecular flexibility index (Phi) is 5.85. The number of hydrogen-bond donors (Lipinski definition) is 3. The van der Waals surface area contributed by atoms with Gasteiger partial charge in [-0.1, -0.05) is 13.8 Å². The number of nitrogens with one attached hydrogen (secondary N) is 3. The molecule has 2 aliphatic rings. The van der Waals surface area contributed by atoms with E-state index in [2.05, 4.69) is 29.8 Å². The highest BCUT2D eigenvalue weighted by Crippen LogP contribution is 2.32. The van der Waals surface area contributed by atoms with Crippen molar-refractivity contribution in [2.24, 2.45) is 5.92 Å². The van der Waals surface area contributed by atoms with Crippen molar-refractivity contribution in [3.05, 3.63) is 23.8 Å². The summed E-state index contributed by atoms with van der Waals surface area (Å²) in [5.41, 5.74) is 0.572. The molecule has 0 saturated heterocycles. The average Bonchev–Trinajstić information content (AvgIpc) is 3.09. The first-order valence-electron chi connectivity index (χ1n) is 9.26. The minimum absolute atomic E-state index is 0.102. The molecule has 0 aromatic heterocycles. The monoisotopic (exact) mass is 361 g/mol. The first kappa shape index (κ1) is 18.4. The second-order valence-corrected chi connectivity index (χ2v) is 7.34. The van der Waals surface area contributed by atoms with Gasteiger partial charge in [0.1, 0.15) is 0 Å². The predicted octanol–water partition coefficient (Wildman–Crippen LogP) is 2.41. The van der Waals surface area contributed by atoms with Crippen molar-refractivity contribution >= 4 is 11.9 Å². The van der Waals surface area contributed by atoms with Crippen molar-refractivity contribution in [1.82, 2.24) is 16.0 Å². The number of urea groups is 1. The lowest BCUT2D eigenvalue weighted by Crippen LogP contribution is -2.47. The summed E-state index contributed by atoms with van der Waals surface area (Å²) in [5, 5.41) is 8.96. The van der Waals surface area contributed by atoms with Gasteiger partial charge in [-0.3, -0.25) is 4.79 Å². The third-order valence-electron chi connectivity index (χ3n) is 4.70. The van der Waals surface area contributed by atoms with Gasteiger partial charge in [0, 0.05) is 24.2 Å². The van der Waals surface area contributed by atoms with Gasteiger partial charge in [-0.25, -0.2) is 4.79 Å². The van der Waals surface area contributed by atoms with Crippen LogP contribution in [0.25, 0.3) is 0 Å². The fourth-order valence-corrected chi connectivity index (χ4v) is 3.22. The van der Waals surface area contributed by atoms with Gasteiger partial charge >= 0.3 is 6.03 Å². The van der Waals surface area contributed by atoms with E-state index in [9.17, 15) is 9.59 Å². The molecule has 3 N–H and O–H groups in total. The molecule has 0 atom stereocenters. The highest BCUT2D eigenvalue weighted by molar-refractivity contribution is 5.95. The first-order valence-corrected chi connectivity index (χ1v) is 9.26. The maximum Gasteiger partial charge on any atom is 0.315 e. The van der Waals surface area contributed by atoms with E-state index >= 15 is 0 Å². The zero-order valence-corrected chi connectivity index (χ0v) is 15.3. The number of hydrogen-bond acceptors (Lipinski definition) is 4. The van der Waals surface area contributed by atoms with E-state index in [1.165, 1.54) is 0 Å². The minimum atomic E-state index is -0.105. The Morgan fingerprint density at radius 1 is 1.04 bits per heavy atom. The quantitative estimate of drug-likeness (QED) is 0.751. The number of benzene rings is 1. The number of ether oxygens (including phenoxy) is 2. The Morgan fingerprint density at radius 3 is 2.38 bits per heavy atom. The minimum Gasteiger partial charge on any atom is -0.454 e. The lowest BCUT2D eigenvalue weighted by molar-refractivity contribution is 0.0924. The first-order chi connectivity index (χ1) is 12.5. The fraction of sp³-hybridized carbons (Fsp3) is 0.579. The molecule has 1 aromatic carbocycles. The van der Waals surface area contributed by atoms with Gasteiger partial charge in [-0.2, -0.15) is 0 Å². The zero-order valence-electron chi connectivity index (χ0n) is 15.3. The van der Waals surface area contributed by atoms with Crippen molar-refractivity contribution in [2.45, 2.75) is 51.6 Å². The highest BCUT2D eigenvalue weighted by Gasteiger charge is 2.24. The number of amides is 3. The highest BCUT2D eigenvalue weighted by atomic mass is 16.7. The Bertz CT molecular complexity index is 654. The van der Waals surface area contributed by atoms with E-state index in [0.717, 1.165) is 25.7 Å². The molecule has 1 aliphatic heterocycles. The molecule has 3 amide bonds. The summed E-state index contributed by atoms with van der Waals surface area (Å²) in [4.78, 5) is 24.3. The summed E-state index contributed by atoms with van der Waals surface area (Å²) >= 11 is 0. The van der Waals surface area contributed by atoms with Crippen LogP contribution in [-0.4, -0.2) is 37.4 Å². The van der Waals surface area contributed by atoms with E-state index in [-0.39, 0.29) is 30.8 Å². The normalized spacial score (nSPS) is 21.3. The third-order valence-corrected chi connectivity index (χ3v) is 4.70. The Labute approximate surface area is 153 Å². The smallest absolute Gasteiger partial charge is 0.315 e. The molecule has 0 unspecified atom stereocenters. The second kappa shape index (κ2) is 8.29. The molecule has 7 nitrogen and oxygen atoms in total. The molecule has 1 aromatic rings. The van der Waals surface area contributed by atoms with Gasteiger partial charge < -0.3 is 25.4 Å². The van der Waals surface area contributed by atoms with Crippen molar-refractivity contribution < 1.29 is 19.1 Å². The van der Waals surface area contributed by atoms with E-state index in [0.29, 0.717) is 29.5 Å². The molecule has 0 bridgehead atoms. The van der Waals surface area contributed by atoms with Crippen LogP contribution in [0, 0.1) is 5.92 Å². The van der Waals surface area contributed by atoms with Gasteiger partial charge in [0.25, 0.3) is 5.91 Å². The van der Waals surface area contributed by atoms with Gasteiger partial charge in [0.15, 0.2) is 11.5 Å². The van der Waals surface area contributed by atoms with Crippen LogP contribution < -0.4 is 25.4 Å². The summed E-state index contributed by atoms with van der Waals surface area (Å²) < 4.78 is 10.6. The topological polar surface area (TPSA) is 88.7 Å². The summed E-state index contributed by atoms with van der Waals surface area (Å²) in [6, 6.07) is 5.41. The van der Waals surface area contributed by atoms with E-state index in [1.807, 2.05) is 0 Å². The SMILES string of the molecule is CC(C)CNC(=O)NC1CCC(NC(=O)c2ccc3c(c2)OCO3)CC1. The van der Waals surface area contributed by atoms with Crippen LogP contribution in [0.4, 0.5) is 4.79 Å². The van der Waals surface area contributed by atoms with E-state index < -0.39 is 0 Å². The second-order valence-electron chi connectivity index (χ2n) is 7.34. The molecular weight excluding hydrogens is 334 g/mol. The van der Waals surface area contributed by atoms with Crippen LogP contribution in [0.3, 0.4) is 0 Å². The van der Waals surface area contributed by atoms with E-state index in [1.54, 1.807) is 18.2 Å². The van der Waals surface area contributed by atoms with Crippen molar-refractivity contribution in [1.29, 1.82) is 0 Å².